The van der Waals surface area contributed by atoms with Gasteiger partial charge in [0.05, 0.1) is 5.56 Å². The van der Waals surface area contributed by atoms with Gasteiger partial charge in [0.25, 0.3) is 5.91 Å². The lowest BCUT2D eigenvalue weighted by Crippen LogP contribution is -2.40. The van der Waals surface area contributed by atoms with Crippen LogP contribution in [0.4, 0.5) is 0 Å². The third kappa shape index (κ3) is 2.90. The molecule has 0 bridgehead atoms. The van der Waals surface area contributed by atoms with Gasteiger partial charge >= 0.3 is 0 Å². The smallest absolute Gasteiger partial charge is 0.252 e. The fourth-order valence-corrected chi connectivity index (χ4v) is 3.24. The van der Waals surface area contributed by atoms with E-state index in [1.165, 1.54) is 12.5 Å². The molecule has 1 fully saturated rings. The predicted molar refractivity (Wildman–Crippen MR) is 87.2 cm³/mol. The molecule has 0 unspecified atom stereocenters. The van der Waals surface area contributed by atoms with E-state index in [0.717, 1.165) is 24.9 Å². The maximum Gasteiger partial charge on any atom is 0.252 e. The van der Waals surface area contributed by atoms with Crippen molar-refractivity contribution in [1.82, 2.24) is 15.2 Å². The number of fused-ring (bicyclic) bond motifs is 1. The van der Waals surface area contributed by atoms with E-state index in [9.17, 15) is 9.59 Å². The van der Waals surface area contributed by atoms with Gasteiger partial charge < -0.3 is 10.3 Å². The summed E-state index contributed by atoms with van der Waals surface area (Å²) in [7, 11) is 0. The zero-order valence-corrected chi connectivity index (χ0v) is 12.8. The number of carbonyl (C=O) groups is 1. The molecular weight excluding hydrogens is 278 g/mol. The topological polar surface area (TPSA) is 65.2 Å². The summed E-state index contributed by atoms with van der Waals surface area (Å²) in [6.07, 6.45) is 2.30. The number of aromatic nitrogens is 1. The highest BCUT2D eigenvalue weighted by molar-refractivity contribution is 6.05. The molecule has 5 nitrogen and oxygen atoms in total. The molecule has 2 N–H and O–H groups in total. The number of benzene rings is 1. The molecule has 1 saturated heterocycles. The molecule has 1 amide bonds. The second-order valence-electron chi connectivity index (χ2n) is 5.73. The van der Waals surface area contributed by atoms with Crippen LogP contribution in [-0.4, -0.2) is 41.5 Å². The predicted octanol–water partition coefficient (Wildman–Crippen LogP) is 1.74. The van der Waals surface area contributed by atoms with E-state index >= 15 is 0 Å². The van der Waals surface area contributed by atoms with Crippen molar-refractivity contribution in [3.8, 4) is 0 Å². The van der Waals surface area contributed by atoms with E-state index in [-0.39, 0.29) is 11.5 Å². The van der Waals surface area contributed by atoms with Gasteiger partial charge in [-0.1, -0.05) is 25.1 Å². The molecule has 0 radical (unpaired) electrons. The minimum Gasteiger partial charge on any atom is -0.350 e. The lowest BCUT2D eigenvalue weighted by atomic mass is 10.1. The second-order valence-corrected chi connectivity index (χ2v) is 5.73. The highest BCUT2D eigenvalue weighted by atomic mass is 16.2. The molecule has 1 aliphatic rings. The van der Waals surface area contributed by atoms with Crippen molar-refractivity contribution in [2.45, 2.75) is 25.8 Å². The number of nitrogens with zero attached hydrogens (tertiary/aromatic N) is 1. The number of nitrogens with one attached hydrogen (secondary N) is 2. The number of hydrogen-bond donors (Lipinski definition) is 2. The van der Waals surface area contributed by atoms with Crippen molar-refractivity contribution in [3.63, 3.8) is 0 Å². The number of amides is 1. The maximum absolute atomic E-state index is 12.5. The number of likely N-dealkylation sites (N-methyl/N-ethyl adjacent to an activating group) is 1. The Labute approximate surface area is 129 Å². The van der Waals surface area contributed by atoms with Crippen LogP contribution in [0.25, 0.3) is 10.9 Å². The van der Waals surface area contributed by atoms with E-state index in [2.05, 4.69) is 22.1 Å². The van der Waals surface area contributed by atoms with Crippen molar-refractivity contribution in [3.05, 3.63) is 46.2 Å². The monoisotopic (exact) mass is 299 g/mol. The maximum atomic E-state index is 12.5. The molecule has 116 valence electrons. The molecule has 3 rings (SSSR count). The van der Waals surface area contributed by atoms with Gasteiger partial charge in [-0.05, 0) is 32.0 Å². The van der Waals surface area contributed by atoms with E-state index in [0.29, 0.717) is 23.7 Å². The zero-order chi connectivity index (χ0) is 15.5. The molecule has 22 heavy (non-hydrogen) atoms. The molecular formula is C17H21N3O2. The highest BCUT2D eigenvalue weighted by Crippen LogP contribution is 2.17. The molecule has 2 aromatic rings. The summed E-state index contributed by atoms with van der Waals surface area (Å²) in [6, 6.07) is 9.16. The van der Waals surface area contributed by atoms with Gasteiger partial charge in [-0.2, -0.15) is 0 Å². The minimum atomic E-state index is -0.250. The van der Waals surface area contributed by atoms with Crippen molar-refractivity contribution >= 4 is 16.8 Å². The summed E-state index contributed by atoms with van der Waals surface area (Å²) in [5, 5.41) is 3.77. The number of rotatable bonds is 4. The largest absolute Gasteiger partial charge is 0.350 e. The number of likely N-dealkylation sites (tertiary alicyclic amines) is 1. The van der Waals surface area contributed by atoms with Crippen LogP contribution in [0, 0.1) is 0 Å². The minimum absolute atomic E-state index is 0.176. The summed E-state index contributed by atoms with van der Waals surface area (Å²) < 4.78 is 0. The molecule has 1 atom stereocenters. The molecule has 0 spiro atoms. The van der Waals surface area contributed by atoms with Crippen LogP contribution in [0.5, 0.6) is 0 Å². The molecule has 1 aromatic heterocycles. The normalized spacial score (nSPS) is 18.7. The van der Waals surface area contributed by atoms with Crippen LogP contribution in [-0.2, 0) is 0 Å². The first-order valence-electron chi connectivity index (χ1n) is 7.83. The Bertz CT molecular complexity index is 738. The highest BCUT2D eigenvalue weighted by Gasteiger charge is 2.23. The van der Waals surface area contributed by atoms with Gasteiger partial charge in [0.2, 0.25) is 5.56 Å². The van der Waals surface area contributed by atoms with Crippen LogP contribution in [0.1, 0.15) is 30.1 Å². The number of H-pyrrole nitrogens is 1. The summed E-state index contributed by atoms with van der Waals surface area (Å²) >= 11 is 0. The average molecular weight is 299 g/mol. The number of aromatic amines is 1. The molecule has 0 aliphatic carbocycles. The van der Waals surface area contributed by atoms with Gasteiger partial charge in [-0.25, -0.2) is 0 Å². The third-order valence-corrected chi connectivity index (χ3v) is 4.40. The SMILES string of the molecule is CCN1CCC[C@@H]1CNC(=O)c1cc(=O)[nH]c2ccccc12. The standard InChI is InChI=1S/C17H21N3O2/c1-2-20-9-5-6-12(20)11-18-17(22)14-10-16(21)19-15-8-4-3-7-13(14)15/h3-4,7-8,10,12H,2,5-6,9,11H2,1H3,(H,18,22)(H,19,21)/t12-/m1/s1. The Kier molecular flexibility index (Phi) is 4.24. The van der Waals surface area contributed by atoms with Gasteiger partial charge in [0, 0.05) is 29.6 Å². The summed E-state index contributed by atoms with van der Waals surface area (Å²) in [5.41, 5.74) is 0.886. The molecule has 5 heteroatoms. The van der Waals surface area contributed by atoms with Gasteiger partial charge in [0.15, 0.2) is 0 Å². The average Bonchev–Trinajstić information content (AvgIpc) is 2.99. The van der Waals surface area contributed by atoms with Crippen LogP contribution in [0.15, 0.2) is 35.1 Å². The first kappa shape index (κ1) is 14.8. The van der Waals surface area contributed by atoms with E-state index in [4.69, 9.17) is 0 Å². The Morgan fingerprint density at radius 2 is 2.23 bits per heavy atom. The lowest BCUT2D eigenvalue weighted by Gasteiger charge is -2.23. The third-order valence-electron chi connectivity index (χ3n) is 4.40. The van der Waals surface area contributed by atoms with E-state index in [1.54, 1.807) is 0 Å². The van der Waals surface area contributed by atoms with Crippen molar-refractivity contribution in [2.24, 2.45) is 0 Å². The summed E-state index contributed by atoms with van der Waals surface area (Å²) in [4.78, 5) is 29.3. The second kappa shape index (κ2) is 6.32. The summed E-state index contributed by atoms with van der Waals surface area (Å²) in [5.74, 6) is -0.176. The van der Waals surface area contributed by atoms with Crippen molar-refractivity contribution in [1.29, 1.82) is 0 Å². The Morgan fingerprint density at radius 3 is 3.05 bits per heavy atom. The van der Waals surface area contributed by atoms with Gasteiger partial charge in [-0.15, -0.1) is 0 Å². The number of hydrogen-bond acceptors (Lipinski definition) is 3. The molecule has 0 saturated carbocycles. The first-order valence-corrected chi connectivity index (χ1v) is 7.83. The zero-order valence-electron chi connectivity index (χ0n) is 12.8. The molecule has 2 heterocycles. The number of pyridine rings is 1. The van der Waals surface area contributed by atoms with Crippen LogP contribution in [0.2, 0.25) is 0 Å². The fourth-order valence-electron chi connectivity index (χ4n) is 3.24. The first-order chi connectivity index (χ1) is 10.7. The van der Waals surface area contributed by atoms with Crippen LogP contribution < -0.4 is 10.9 Å². The number of carbonyl (C=O) groups excluding carboxylic acids is 1. The fraction of sp³-hybridized carbons (Fsp3) is 0.412. The molecule has 1 aliphatic heterocycles. The van der Waals surface area contributed by atoms with E-state index in [1.807, 2.05) is 24.3 Å². The Balaban J connectivity index is 1.79. The number of para-hydroxylation sites is 1. The summed E-state index contributed by atoms with van der Waals surface area (Å²) in [6.45, 7) is 4.89. The quantitative estimate of drug-likeness (QED) is 0.904. The lowest BCUT2D eigenvalue weighted by molar-refractivity contribution is 0.0943. The Hall–Kier alpha value is -2.14. The van der Waals surface area contributed by atoms with Gasteiger partial charge in [-0.3, -0.25) is 14.5 Å². The Morgan fingerprint density at radius 1 is 1.41 bits per heavy atom. The van der Waals surface area contributed by atoms with Crippen molar-refractivity contribution < 1.29 is 4.79 Å². The van der Waals surface area contributed by atoms with Crippen molar-refractivity contribution in [2.75, 3.05) is 19.6 Å². The van der Waals surface area contributed by atoms with E-state index < -0.39 is 0 Å². The van der Waals surface area contributed by atoms with Gasteiger partial charge in [0.1, 0.15) is 0 Å². The van der Waals surface area contributed by atoms with Crippen LogP contribution >= 0.6 is 0 Å². The molecule has 1 aromatic carbocycles. The van der Waals surface area contributed by atoms with Crippen LogP contribution in [0.3, 0.4) is 0 Å².